The molecule has 0 unspecified atom stereocenters. The van der Waals surface area contributed by atoms with Gasteiger partial charge in [-0.15, -0.1) is 0 Å². The first kappa shape index (κ1) is 11.0. The molecule has 3 rings (SSSR count). The second-order valence-electron chi connectivity index (χ2n) is 5.47. The number of Topliss-reactive ketones (excluding diaryl/α,β-unsaturated/α-hetero) is 1. The van der Waals surface area contributed by atoms with Gasteiger partial charge in [0.2, 0.25) is 0 Å². The number of ketones is 1. The van der Waals surface area contributed by atoms with Crippen LogP contribution in [0.2, 0.25) is 0 Å². The largest absolute Gasteiger partial charge is 0.317 e. The van der Waals surface area contributed by atoms with Crippen molar-refractivity contribution >= 4 is 5.78 Å². The third kappa shape index (κ3) is 1.40. The molecular formula is C15H19NO. The van der Waals surface area contributed by atoms with Gasteiger partial charge in [0.15, 0.2) is 0 Å². The van der Waals surface area contributed by atoms with Gasteiger partial charge in [0.25, 0.3) is 0 Å². The summed E-state index contributed by atoms with van der Waals surface area (Å²) in [6, 6.07) is 4.38. The van der Waals surface area contributed by atoms with Gasteiger partial charge in [0, 0.05) is 6.42 Å². The number of piperidine rings is 1. The van der Waals surface area contributed by atoms with Gasteiger partial charge in [-0.25, -0.2) is 0 Å². The Labute approximate surface area is 102 Å². The average molecular weight is 229 g/mol. The number of carbonyl (C=O) groups is 1. The number of hydrogen-bond acceptors (Lipinski definition) is 2. The van der Waals surface area contributed by atoms with Gasteiger partial charge in [-0.2, -0.15) is 0 Å². The van der Waals surface area contributed by atoms with E-state index in [4.69, 9.17) is 0 Å². The Morgan fingerprint density at radius 3 is 2.59 bits per heavy atom. The summed E-state index contributed by atoms with van der Waals surface area (Å²) in [7, 11) is 0. The highest BCUT2D eigenvalue weighted by atomic mass is 16.1. The molecule has 1 aliphatic heterocycles. The van der Waals surface area contributed by atoms with E-state index in [0.717, 1.165) is 25.9 Å². The molecule has 0 radical (unpaired) electrons. The van der Waals surface area contributed by atoms with E-state index in [1.165, 1.54) is 22.3 Å². The summed E-state index contributed by atoms with van der Waals surface area (Å²) in [5.41, 5.74) is 5.12. The molecule has 0 atom stereocenters. The average Bonchev–Trinajstić information content (AvgIpc) is 2.60. The van der Waals surface area contributed by atoms with Crippen LogP contribution >= 0.6 is 0 Å². The van der Waals surface area contributed by atoms with Gasteiger partial charge in [0.05, 0.1) is 5.41 Å². The van der Waals surface area contributed by atoms with E-state index < -0.39 is 0 Å². The Balaban J connectivity index is 2.16. The Hall–Kier alpha value is -1.15. The van der Waals surface area contributed by atoms with Crippen LogP contribution in [0.5, 0.6) is 0 Å². The molecule has 0 bridgehead atoms. The Bertz CT molecular complexity index is 484. The summed E-state index contributed by atoms with van der Waals surface area (Å²) in [6.07, 6.45) is 2.60. The fourth-order valence-corrected chi connectivity index (χ4v) is 3.43. The summed E-state index contributed by atoms with van der Waals surface area (Å²) in [4.78, 5) is 12.4. The Morgan fingerprint density at radius 2 is 1.88 bits per heavy atom. The van der Waals surface area contributed by atoms with Crippen molar-refractivity contribution in [3.8, 4) is 0 Å². The molecule has 90 valence electrons. The summed E-state index contributed by atoms with van der Waals surface area (Å²) < 4.78 is 0. The number of fused-ring (bicyclic) bond motifs is 2. The molecule has 1 fully saturated rings. The van der Waals surface area contributed by atoms with Gasteiger partial charge in [-0.05, 0) is 62.0 Å². The zero-order valence-corrected chi connectivity index (χ0v) is 10.6. The molecule has 1 spiro atoms. The predicted molar refractivity (Wildman–Crippen MR) is 68.4 cm³/mol. The minimum atomic E-state index is -0.154. The maximum Gasteiger partial charge on any atom is 0.147 e. The molecule has 1 aliphatic carbocycles. The third-order valence-electron chi connectivity index (χ3n) is 4.71. The van der Waals surface area contributed by atoms with Crippen LogP contribution in [0.3, 0.4) is 0 Å². The number of rotatable bonds is 0. The van der Waals surface area contributed by atoms with Gasteiger partial charge >= 0.3 is 0 Å². The first-order valence-corrected chi connectivity index (χ1v) is 6.49. The Kier molecular flexibility index (Phi) is 2.37. The van der Waals surface area contributed by atoms with Crippen LogP contribution in [0, 0.1) is 13.8 Å². The van der Waals surface area contributed by atoms with Crippen molar-refractivity contribution in [1.29, 1.82) is 0 Å². The monoisotopic (exact) mass is 229 g/mol. The summed E-state index contributed by atoms with van der Waals surface area (Å²) in [5.74, 6) is 0.447. The van der Waals surface area contributed by atoms with Crippen molar-refractivity contribution in [2.45, 2.75) is 38.5 Å². The topological polar surface area (TPSA) is 29.1 Å². The molecule has 1 N–H and O–H groups in total. The highest BCUT2D eigenvalue weighted by Gasteiger charge is 2.46. The maximum atomic E-state index is 12.4. The molecule has 0 amide bonds. The number of carbonyl (C=O) groups excluding carboxylic acids is 1. The normalized spacial score (nSPS) is 21.9. The van der Waals surface area contributed by atoms with Crippen molar-refractivity contribution in [3.63, 3.8) is 0 Å². The summed E-state index contributed by atoms with van der Waals surface area (Å²) >= 11 is 0. The minimum absolute atomic E-state index is 0.154. The van der Waals surface area contributed by atoms with Gasteiger partial charge in [0.1, 0.15) is 5.78 Å². The lowest BCUT2D eigenvalue weighted by Crippen LogP contribution is -2.43. The van der Waals surface area contributed by atoms with Crippen LogP contribution in [0.4, 0.5) is 0 Å². The number of benzene rings is 1. The van der Waals surface area contributed by atoms with E-state index in [1.807, 2.05) is 0 Å². The zero-order valence-electron chi connectivity index (χ0n) is 10.6. The smallest absolute Gasteiger partial charge is 0.147 e. The van der Waals surface area contributed by atoms with E-state index >= 15 is 0 Å². The first-order chi connectivity index (χ1) is 8.15. The van der Waals surface area contributed by atoms with E-state index in [1.54, 1.807) is 0 Å². The molecule has 0 saturated carbocycles. The third-order valence-corrected chi connectivity index (χ3v) is 4.71. The molecule has 2 heteroatoms. The highest BCUT2D eigenvalue weighted by molar-refractivity contribution is 5.97. The first-order valence-electron chi connectivity index (χ1n) is 6.49. The second-order valence-corrected chi connectivity index (χ2v) is 5.47. The zero-order chi connectivity index (χ0) is 12.0. The van der Waals surface area contributed by atoms with Gasteiger partial charge < -0.3 is 5.32 Å². The van der Waals surface area contributed by atoms with Crippen LogP contribution < -0.4 is 5.32 Å². The number of aryl methyl sites for hydroxylation is 1. The van der Waals surface area contributed by atoms with Gasteiger partial charge in [-0.3, -0.25) is 4.79 Å². The molecule has 2 nitrogen and oxygen atoms in total. The predicted octanol–water partition coefficient (Wildman–Crippen LogP) is 2.05. The van der Waals surface area contributed by atoms with Crippen molar-refractivity contribution < 1.29 is 4.79 Å². The summed E-state index contributed by atoms with van der Waals surface area (Å²) in [5, 5.41) is 3.36. The fourth-order valence-electron chi connectivity index (χ4n) is 3.43. The van der Waals surface area contributed by atoms with Crippen LogP contribution in [0.15, 0.2) is 12.1 Å². The van der Waals surface area contributed by atoms with Crippen molar-refractivity contribution in [3.05, 3.63) is 34.4 Å². The second kappa shape index (κ2) is 3.67. The fraction of sp³-hybridized carbons (Fsp3) is 0.533. The molecular weight excluding hydrogens is 210 g/mol. The van der Waals surface area contributed by atoms with Crippen molar-refractivity contribution in [2.24, 2.45) is 0 Å². The molecule has 2 aliphatic rings. The highest BCUT2D eigenvalue weighted by Crippen LogP contribution is 2.44. The quantitative estimate of drug-likeness (QED) is 0.737. The lowest BCUT2D eigenvalue weighted by Gasteiger charge is -2.33. The standard InChI is InChI=1S/C15H19NO/c1-10-3-4-13-12(11(10)2)9-14(17)15(13)5-7-16-8-6-15/h3-4,16H,5-9H2,1-2H3. The van der Waals surface area contributed by atoms with E-state index in [0.29, 0.717) is 12.2 Å². The van der Waals surface area contributed by atoms with Crippen LogP contribution in [0.25, 0.3) is 0 Å². The lowest BCUT2D eigenvalue weighted by atomic mass is 9.73. The lowest BCUT2D eigenvalue weighted by molar-refractivity contribution is -0.123. The molecule has 1 aromatic carbocycles. The minimum Gasteiger partial charge on any atom is -0.317 e. The number of nitrogens with one attached hydrogen (secondary N) is 1. The molecule has 1 saturated heterocycles. The molecule has 0 aromatic heterocycles. The van der Waals surface area contributed by atoms with Crippen molar-refractivity contribution in [1.82, 2.24) is 5.32 Å². The van der Waals surface area contributed by atoms with E-state index in [-0.39, 0.29) is 5.41 Å². The van der Waals surface area contributed by atoms with Crippen molar-refractivity contribution in [2.75, 3.05) is 13.1 Å². The summed E-state index contributed by atoms with van der Waals surface area (Å²) in [6.45, 7) is 6.23. The van der Waals surface area contributed by atoms with E-state index in [2.05, 4.69) is 31.3 Å². The number of hydrogen-bond donors (Lipinski definition) is 1. The molecule has 1 aromatic rings. The van der Waals surface area contributed by atoms with Crippen LogP contribution in [0.1, 0.15) is 35.1 Å². The molecule has 1 heterocycles. The Morgan fingerprint density at radius 1 is 1.18 bits per heavy atom. The maximum absolute atomic E-state index is 12.4. The van der Waals surface area contributed by atoms with Gasteiger partial charge in [-0.1, -0.05) is 12.1 Å². The van der Waals surface area contributed by atoms with Crippen LogP contribution in [-0.4, -0.2) is 18.9 Å². The molecule has 17 heavy (non-hydrogen) atoms. The van der Waals surface area contributed by atoms with Crippen LogP contribution in [-0.2, 0) is 16.6 Å². The SMILES string of the molecule is Cc1ccc2c(c1C)CC(=O)C21CCNCC1. The van der Waals surface area contributed by atoms with E-state index in [9.17, 15) is 4.79 Å².